The van der Waals surface area contributed by atoms with E-state index >= 15 is 0 Å². The lowest BCUT2D eigenvalue weighted by Crippen LogP contribution is -2.26. The lowest BCUT2D eigenvalue weighted by atomic mass is 10.2. The van der Waals surface area contributed by atoms with Gasteiger partial charge in [0.15, 0.2) is 0 Å². The van der Waals surface area contributed by atoms with Gasteiger partial charge in [-0.1, -0.05) is 12.1 Å². The first kappa shape index (κ1) is 13.3. The van der Waals surface area contributed by atoms with Gasteiger partial charge in [-0.15, -0.1) is 0 Å². The van der Waals surface area contributed by atoms with Crippen molar-refractivity contribution in [1.82, 2.24) is 9.97 Å². The Balaban J connectivity index is 2.42. The van der Waals surface area contributed by atoms with Crippen molar-refractivity contribution >= 4 is 21.7 Å². The largest absolute Gasteiger partial charge is 0.368 e. The molecular formula is C12H14N4O2S. The molecule has 7 heteroatoms. The molecule has 0 bridgehead atoms. The number of aryl methyl sites for hydroxylation is 1. The molecule has 2 N–H and O–H groups in total. The van der Waals surface area contributed by atoms with Crippen LogP contribution in [-0.4, -0.2) is 25.4 Å². The number of nitrogen functional groups attached to an aromatic ring is 1. The van der Waals surface area contributed by atoms with Crippen LogP contribution in [0.2, 0.25) is 0 Å². The second-order valence-corrected chi connectivity index (χ2v) is 6.06. The first-order chi connectivity index (χ1) is 8.91. The number of hydrogen-bond donors (Lipinski definition) is 1. The molecule has 1 aromatic heterocycles. The van der Waals surface area contributed by atoms with Crippen LogP contribution in [0.15, 0.2) is 41.6 Å². The number of sulfonamides is 1. The smallest absolute Gasteiger partial charge is 0.267 e. The molecule has 0 aliphatic carbocycles. The van der Waals surface area contributed by atoms with Crippen molar-refractivity contribution in [2.45, 2.75) is 11.8 Å². The molecular weight excluding hydrogens is 264 g/mol. The van der Waals surface area contributed by atoms with Crippen LogP contribution in [0.4, 0.5) is 11.6 Å². The second-order valence-electron chi connectivity index (χ2n) is 4.09. The Morgan fingerprint density at radius 2 is 1.84 bits per heavy atom. The molecule has 0 fully saturated rings. The van der Waals surface area contributed by atoms with Crippen LogP contribution in [0.3, 0.4) is 0 Å². The van der Waals surface area contributed by atoms with Crippen molar-refractivity contribution in [3.63, 3.8) is 0 Å². The van der Waals surface area contributed by atoms with Crippen LogP contribution in [-0.2, 0) is 10.0 Å². The molecule has 2 aromatic rings. The Hall–Kier alpha value is -2.15. The van der Waals surface area contributed by atoms with Gasteiger partial charge < -0.3 is 5.73 Å². The molecule has 0 radical (unpaired) electrons. The third-order valence-corrected chi connectivity index (χ3v) is 4.41. The number of nitrogens with zero attached hydrogens (tertiary/aromatic N) is 3. The first-order valence-electron chi connectivity index (χ1n) is 5.54. The number of rotatable bonds is 3. The van der Waals surface area contributed by atoms with Gasteiger partial charge in [0.2, 0.25) is 5.95 Å². The summed E-state index contributed by atoms with van der Waals surface area (Å²) in [7, 11) is -2.19. The molecule has 1 aromatic carbocycles. The van der Waals surface area contributed by atoms with Crippen molar-refractivity contribution in [2.24, 2.45) is 0 Å². The van der Waals surface area contributed by atoms with Gasteiger partial charge >= 0.3 is 0 Å². The zero-order chi connectivity index (χ0) is 14.0. The maximum atomic E-state index is 12.4. The van der Waals surface area contributed by atoms with Gasteiger partial charge in [-0.3, -0.25) is 4.31 Å². The van der Waals surface area contributed by atoms with Gasteiger partial charge in [0, 0.05) is 7.05 Å². The molecule has 19 heavy (non-hydrogen) atoms. The van der Waals surface area contributed by atoms with Crippen LogP contribution in [0.25, 0.3) is 0 Å². The van der Waals surface area contributed by atoms with Gasteiger partial charge in [0.25, 0.3) is 10.0 Å². The molecule has 0 saturated heterocycles. The summed E-state index contributed by atoms with van der Waals surface area (Å²) in [5.74, 6) is 0.0390. The van der Waals surface area contributed by atoms with E-state index in [9.17, 15) is 8.42 Å². The number of anilines is 2. The Morgan fingerprint density at radius 1 is 1.21 bits per heavy atom. The molecule has 2 rings (SSSR count). The maximum absolute atomic E-state index is 12.4. The van der Waals surface area contributed by atoms with E-state index in [2.05, 4.69) is 9.97 Å². The summed E-state index contributed by atoms with van der Waals surface area (Å²) >= 11 is 0. The highest BCUT2D eigenvalue weighted by Crippen LogP contribution is 2.21. The molecule has 0 aliphatic heterocycles. The molecule has 1 heterocycles. The lowest BCUT2D eigenvalue weighted by Gasteiger charge is -2.19. The minimum Gasteiger partial charge on any atom is -0.368 e. The zero-order valence-electron chi connectivity index (χ0n) is 10.6. The SMILES string of the molecule is Cc1cccc(N(C)S(=O)(=O)c2cnc(N)nc2)c1. The van der Waals surface area contributed by atoms with E-state index in [0.29, 0.717) is 5.69 Å². The van der Waals surface area contributed by atoms with Crippen molar-refractivity contribution in [1.29, 1.82) is 0 Å². The van der Waals surface area contributed by atoms with Crippen molar-refractivity contribution in [3.05, 3.63) is 42.2 Å². The van der Waals surface area contributed by atoms with Crippen LogP contribution < -0.4 is 10.0 Å². The van der Waals surface area contributed by atoms with Gasteiger partial charge in [-0.05, 0) is 24.6 Å². The predicted molar refractivity (Wildman–Crippen MR) is 73.2 cm³/mol. The van der Waals surface area contributed by atoms with Gasteiger partial charge in [0.05, 0.1) is 18.1 Å². The summed E-state index contributed by atoms with van der Waals surface area (Å²) in [6.45, 7) is 1.90. The second kappa shape index (κ2) is 4.85. The summed E-state index contributed by atoms with van der Waals surface area (Å²) in [4.78, 5) is 7.41. The summed E-state index contributed by atoms with van der Waals surface area (Å²) in [6.07, 6.45) is 2.40. The third kappa shape index (κ3) is 2.65. The molecule has 6 nitrogen and oxygen atoms in total. The number of benzene rings is 1. The highest BCUT2D eigenvalue weighted by atomic mass is 32.2. The number of hydrogen-bond acceptors (Lipinski definition) is 5. The van der Waals surface area contributed by atoms with E-state index in [1.165, 1.54) is 23.7 Å². The Bertz CT molecular complexity index is 683. The summed E-state index contributed by atoms with van der Waals surface area (Å²) in [5.41, 5.74) is 6.91. The molecule has 0 atom stereocenters. The van der Waals surface area contributed by atoms with Crippen LogP contribution >= 0.6 is 0 Å². The Morgan fingerprint density at radius 3 is 2.42 bits per heavy atom. The predicted octanol–water partition coefficient (Wildman–Crippen LogP) is 1.19. The van der Waals surface area contributed by atoms with E-state index in [1.807, 2.05) is 13.0 Å². The molecule has 100 valence electrons. The summed E-state index contributed by atoms with van der Waals surface area (Å²) < 4.78 is 25.9. The fourth-order valence-electron chi connectivity index (χ4n) is 1.58. The molecule has 0 unspecified atom stereocenters. The molecule has 0 amide bonds. The molecule has 0 aliphatic rings. The minimum atomic E-state index is -3.67. The van der Waals surface area contributed by atoms with Crippen molar-refractivity contribution in [2.75, 3.05) is 17.1 Å². The fourth-order valence-corrected chi connectivity index (χ4v) is 2.66. The maximum Gasteiger partial charge on any atom is 0.267 e. The van der Waals surface area contributed by atoms with Gasteiger partial charge in [-0.2, -0.15) is 0 Å². The molecule has 0 spiro atoms. The van der Waals surface area contributed by atoms with E-state index in [4.69, 9.17) is 5.73 Å². The average molecular weight is 278 g/mol. The van der Waals surface area contributed by atoms with Crippen molar-refractivity contribution in [3.8, 4) is 0 Å². The van der Waals surface area contributed by atoms with Gasteiger partial charge in [0.1, 0.15) is 4.90 Å². The standard InChI is InChI=1S/C12H14N4O2S/c1-9-4-3-5-10(6-9)16(2)19(17,18)11-7-14-12(13)15-8-11/h3-8H,1-2H3,(H2,13,14,15). The minimum absolute atomic E-state index is 0.00528. The van der Waals surface area contributed by atoms with Crippen molar-refractivity contribution < 1.29 is 8.42 Å². The topological polar surface area (TPSA) is 89.2 Å². The van der Waals surface area contributed by atoms with Crippen LogP contribution in [0, 0.1) is 6.92 Å². The lowest BCUT2D eigenvalue weighted by molar-refractivity contribution is 0.593. The monoisotopic (exact) mass is 278 g/mol. The van der Waals surface area contributed by atoms with E-state index in [-0.39, 0.29) is 10.8 Å². The quantitative estimate of drug-likeness (QED) is 0.911. The average Bonchev–Trinajstić information content (AvgIpc) is 2.38. The normalized spacial score (nSPS) is 11.3. The van der Waals surface area contributed by atoms with E-state index in [1.54, 1.807) is 18.2 Å². The Labute approximate surface area is 112 Å². The van der Waals surface area contributed by atoms with Crippen LogP contribution in [0.5, 0.6) is 0 Å². The highest BCUT2D eigenvalue weighted by molar-refractivity contribution is 7.92. The van der Waals surface area contributed by atoms with E-state index in [0.717, 1.165) is 5.56 Å². The fraction of sp³-hybridized carbons (Fsp3) is 0.167. The number of aromatic nitrogens is 2. The highest BCUT2D eigenvalue weighted by Gasteiger charge is 2.22. The summed E-state index contributed by atoms with van der Waals surface area (Å²) in [5, 5.41) is 0. The molecule has 0 saturated carbocycles. The van der Waals surface area contributed by atoms with Crippen LogP contribution in [0.1, 0.15) is 5.56 Å². The van der Waals surface area contributed by atoms with E-state index < -0.39 is 10.0 Å². The summed E-state index contributed by atoms with van der Waals surface area (Å²) in [6, 6.07) is 7.21. The van der Waals surface area contributed by atoms with Gasteiger partial charge in [-0.25, -0.2) is 18.4 Å². The third-order valence-electron chi connectivity index (χ3n) is 2.67. The number of nitrogens with two attached hydrogens (primary N) is 1. The first-order valence-corrected chi connectivity index (χ1v) is 6.98. The zero-order valence-corrected chi connectivity index (χ0v) is 11.4. The Kier molecular flexibility index (Phi) is 3.39.